The zero-order valence-corrected chi connectivity index (χ0v) is 22.4. The van der Waals surface area contributed by atoms with E-state index in [1.807, 2.05) is 25.1 Å². The Hall–Kier alpha value is -3.25. The van der Waals surface area contributed by atoms with Crippen LogP contribution in [0.3, 0.4) is 0 Å². The molecule has 2 N–H and O–H groups in total. The summed E-state index contributed by atoms with van der Waals surface area (Å²) >= 11 is 0. The van der Waals surface area contributed by atoms with E-state index in [0.29, 0.717) is 19.1 Å². The molecule has 0 aliphatic heterocycles. The average molecular weight is 514 g/mol. The largest absolute Gasteiger partial charge is 0.494 e. The van der Waals surface area contributed by atoms with Gasteiger partial charge in [0.15, 0.2) is 5.82 Å². The summed E-state index contributed by atoms with van der Waals surface area (Å²) in [6, 6.07) is 17.0. The number of aromatic nitrogens is 2. The van der Waals surface area contributed by atoms with Gasteiger partial charge in [0.1, 0.15) is 5.75 Å². The summed E-state index contributed by atoms with van der Waals surface area (Å²) < 4.78 is 5.97. The Kier molecular flexibility index (Phi) is 8.69. The Labute approximate surface area is 225 Å². The third-order valence-corrected chi connectivity index (χ3v) is 7.96. The third kappa shape index (κ3) is 6.79. The molecule has 200 valence electrons. The lowest BCUT2D eigenvalue weighted by Gasteiger charge is -2.22. The standard InChI is InChI=1S/C32H39N3O3/c1-22-18-28(35-32(34-22)25-10-8-24(9-11-25)23-6-3-2-4-7-23)21-33-16-5-17-38-29-14-15-30-26(19-29)12-13-27(30)20-31(36)37/h8-11,14-15,18-19,23,27,33H,2-7,12-13,16-17,20-21H2,1H3,(H,36,37)/t27-/m0/s1. The maximum Gasteiger partial charge on any atom is 0.303 e. The van der Waals surface area contributed by atoms with Crippen LogP contribution in [0.5, 0.6) is 5.75 Å². The number of nitrogens with zero attached hydrogens (tertiary/aromatic N) is 2. The minimum Gasteiger partial charge on any atom is -0.494 e. The summed E-state index contributed by atoms with van der Waals surface area (Å²) in [5, 5.41) is 12.6. The fourth-order valence-corrected chi connectivity index (χ4v) is 5.99. The molecule has 3 aromatic rings. The van der Waals surface area contributed by atoms with Crippen LogP contribution in [0.4, 0.5) is 0 Å². The van der Waals surface area contributed by atoms with Crippen molar-refractivity contribution in [1.29, 1.82) is 0 Å². The molecule has 0 saturated heterocycles. The quantitative estimate of drug-likeness (QED) is 0.282. The van der Waals surface area contributed by atoms with E-state index in [1.54, 1.807) is 0 Å². The van der Waals surface area contributed by atoms with Gasteiger partial charge in [-0.1, -0.05) is 49.6 Å². The first-order chi connectivity index (χ1) is 18.5. The van der Waals surface area contributed by atoms with Crippen LogP contribution in [-0.4, -0.2) is 34.2 Å². The summed E-state index contributed by atoms with van der Waals surface area (Å²) in [6.07, 6.45) is 9.62. The number of carboxylic acids is 1. The van der Waals surface area contributed by atoms with Crippen molar-refractivity contribution in [3.63, 3.8) is 0 Å². The molecule has 1 fully saturated rings. The summed E-state index contributed by atoms with van der Waals surface area (Å²) in [6.45, 7) is 4.19. The minimum absolute atomic E-state index is 0.132. The lowest BCUT2D eigenvalue weighted by Crippen LogP contribution is -2.18. The van der Waals surface area contributed by atoms with Crippen molar-refractivity contribution in [3.8, 4) is 17.1 Å². The fraction of sp³-hybridized carbons (Fsp3) is 0.469. The molecule has 2 aromatic carbocycles. The van der Waals surface area contributed by atoms with Crippen LogP contribution in [0.15, 0.2) is 48.5 Å². The zero-order valence-electron chi connectivity index (χ0n) is 22.4. The number of rotatable bonds is 11. The molecule has 5 rings (SSSR count). The number of aliphatic carboxylic acids is 1. The summed E-state index contributed by atoms with van der Waals surface area (Å²) in [5.74, 6) is 1.77. The lowest BCUT2D eigenvalue weighted by molar-refractivity contribution is -0.137. The highest BCUT2D eigenvalue weighted by atomic mass is 16.5. The maximum absolute atomic E-state index is 11.1. The van der Waals surface area contributed by atoms with Gasteiger partial charge < -0.3 is 15.2 Å². The maximum atomic E-state index is 11.1. The first-order valence-electron chi connectivity index (χ1n) is 14.2. The monoisotopic (exact) mass is 513 g/mol. The minimum atomic E-state index is -0.729. The molecule has 1 heterocycles. The van der Waals surface area contributed by atoms with E-state index in [9.17, 15) is 4.79 Å². The van der Waals surface area contributed by atoms with Gasteiger partial charge in [-0.2, -0.15) is 0 Å². The topological polar surface area (TPSA) is 84.3 Å². The molecule has 2 aliphatic carbocycles. The molecule has 6 nitrogen and oxygen atoms in total. The molecular weight excluding hydrogens is 474 g/mol. The van der Waals surface area contributed by atoms with Gasteiger partial charge in [0, 0.05) is 17.8 Å². The van der Waals surface area contributed by atoms with Crippen molar-refractivity contribution >= 4 is 5.97 Å². The van der Waals surface area contributed by atoms with Gasteiger partial charge >= 0.3 is 5.97 Å². The first kappa shape index (κ1) is 26.4. The third-order valence-electron chi connectivity index (χ3n) is 7.96. The Bertz CT molecular complexity index is 1240. The number of aryl methyl sites for hydroxylation is 2. The molecule has 1 saturated carbocycles. The number of hydrogen-bond acceptors (Lipinski definition) is 5. The van der Waals surface area contributed by atoms with E-state index >= 15 is 0 Å². The van der Waals surface area contributed by atoms with E-state index in [2.05, 4.69) is 35.6 Å². The van der Waals surface area contributed by atoms with Crippen molar-refractivity contribution < 1.29 is 14.6 Å². The fourth-order valence-electron chi connectivity index (χ4n) is 5.99. The van der Waals surface area contributed by atoms with Gasteiger partial charge in [-0.25, -0.2) is 9.97 Å². The van der Waals surface area contributed by atoms with Gasteiger partial charge in [-0.3, -0.25) is 4.79 Å². The van der Waals surface area contributed by atoms with E-state index in [-0.39, 0.29) is 12.3 Å². The Morgan fingerprint density at radius 2 is 1.84 bits per heavy atom. The number of benzene rings is 2. The zero-order chi connectivity index (χ0) is 26.3. The molecule has 2 aliphatic rings. The van der Waals surface area contributed by atoms with Crippen molar-refractivity contribution in [2.24, 2.45) is 0 Å². The molecule has 0 radical (unpaired) electrons. The molecule has 0 bridgehead atoms. The highest BCUT2D eigenvalue weighted by Gasteiger charge is 2.25. The normalized spacial score (nSPS) is 17.3. The van der Waals surface area contributed by atoms with E-state index < -0.39 is 5.97 Å². The van der Waals surface area contributed by atoms with Crippen molar-refractivity contribution in [2.75, 3.05) is 13.2 Å². The average Bonchev–Trinajstić information content (AvgIpc) is 3.32. The highest BCUT2D eigenvalue weighted by Crippen LogP contribution is 2.37. The number of carboxylic acid groups (broad SMARTS) is 1. The van der Waals surface area contributed by atoms with Gasteiger partial charge in [0.25, 0.3) is 0 Å². The Balaban J connectivity index is 1.07. The van der Waals surface area contributed by atoms with Crippen LogP contribution < -0.4 is 10.1 Å². The number of hydrogen-bond donors (Lipinski definition) is 2. The molecule has 0 amide bonds. The Morgan fingerprint density at radius 1 is 1.03 bits per heavy atom. The second-order valence-corrected chi connectivity index (χ2v) is 10.9. The van der Waals surface area contributed by atoms with Gasteiger partial charge in [0.05, 0.1) is 18.7 Å². The second-order valence-electron chi connectivity index (χ2n) is 10.9. The number of carbonyl (C=O) groups is 1. The van der Waals surface area contributed by atoms with Crippen LogP contribution in [-0.2, 0) is 17.8 Å². The molecule has 0 unspecified atom stereocenters. The molecule has 6 heteroatoms. The summed E-state index contributed by atoms with van der Waals surface area (Å²) in [7, 11) is 0. The number of fused-ring (bicyclic) bond motifs is 1. The van der Waals surface area contributed by atoms with Crippen molar-refractivity contribution in [3.05, 3.63) is 76.6 Å². The van der Waals surface area contributed by atoms with Crippen LogP contribution in [0.2, 0.25) is 0 Å². The summed E-state index contributed by atoms with van der Waals surface area (Å²) in [4.78, 5) is 20.6. The molecule has 38 heavy (non-hydrogen) atoms. The molecular formula is C32H39N3O3. The van der Waals surface area contributed by atoms with Gasteiger partial charge in [-0.15, -0.1) is 0 Å². The molecule has 1 aromatic heterocycles. The predicted octanol–water partition coefficient (Wildman–Crippen LogP) is 6.56. The van der Waals surface area contributed by atoms with Gasteiger partial charge in [-0.05, 0) is 92.3 Å². The second kappa shape index (κ2) is 12.5. The van der Waals surface area contributed by atoms with Crippen LogP contribution in [0.25, 0.3) is 11.4 Å². The number of nitrogens with one attached hydrogen (secondary N) is 1. The lowest BCUT2D eigenvalue weighted by atomic mass is 9.84. The number of ether oxygens (including phenoxy) is 1. The van der Waals surface area contributed by atoms with E-state index in [1.165, 1.54) is 48.8 Å². The molecule has 0 spiro atoms. The predicted molar refractivity (Wildman–Crippen MR) is 150 cm³/mol. The van der Waals surface area contributed by atoms with E-state index in [0.717, 1.165) is 54.3 Å². The Morgan fingerprint density at radius 3 is 2.63 bits per heavy atom. The van der Waals surface area contributed by atoms with Crippen molar-refractivity contribution in [1.82, 2.24) is 15.3 Å². The van der Waals surface area contributed by atoms with Crippen LogP contribution >= 0.6 is 0 Å². The van der Waals surface area contributed by atoms with Gasteiger partial charge in [0.2, 0.25) is 0 Å². The van der Waals surface area contributed by atoms with Crippen LogP contribution in [0.1, 0.15) is 91.3 Å². The SMILES string of the molecule is Cc1cc(CNCCCOc2ccc3c(c2)CC[C@H]3CC(=O)O)nc(-c2ccc(C3CCCCC3)cc2)n1. The van der Waals surface area contributed by atoms with Crippen LogP contribution in [0, 0.1) is 6.92 Å². The summed E-state index contributed by atoms with van der Waals surface area (Å²) in [5.41, 5.74) is 6.90. The molecule has 1 atom stereocenters. The first-order valence-corrected chi connectivity index (χ1v) is 14.2. The van der Waals surface area contributed by atoms with Crippen molar-refractivity contribution in [2.45, 2.75) is 83.1 Å². The highest BCUT2D eigenvalue weighted by molar-refractivity contribution is 5.68. The smallest absolute Gasteiger partial charge is 0.303 e. The van der Waals surface area contributed by atoms with E-state index in [4.69, 9.17) is 19.8 Å².